The molecule has 3 heteroatoms. The first-order chi connectivity index (χ1) is 12.3. The molecule has 4 rings (SSSR count). The smallest absolute Gasteiger partial charge is 0.119 e. The molecule has 0 bridgehead atoms. The normalized spacial score (nSPS) is 16.0. The molecule has 1 aliphatic rings. The van der Waals surface area contributed by atoms with Crippen molar-refractivity contribution in [2.45, 2.75) is 12.8 Å². The van der Waals surface area contributed by atoms with Crippen LogP contribution in [0.15, 0.2) is 71.5 Å². The van der Waals surface area contributed by atoms with Crippen LogP contribution in [0.4, 0.5) is 0 Å². The Morgan fingerprint density at radius 3 is 2.76 bits per heavy atom. The summed E-state index contributed by atoms with van der Waals surface area (Å²) in [5, 5.41) is 2.40. The summed E-state index contributed by atoms with van der Waals surface area (Å²) in [6, 6.07) is 16.7. The number of pyridine rings is 1. The van der Waals surface area contributed by atoms with Crippen molar-refractivity contribution in [1.29, 1.82) is 0 Å². The molecule has 25 heavy (non-hydrogen) atoms. The number of hydrogen-bond acceptors (Lipinski definition) is 3. The van der Waals surface area contributed by atoms with Gasteiger partial charge >= 0.3 is 0 Å². The van der Waals surface area contributed by atoms with Crippen molar-refractivity contribution in [3.8, 4) is 5.75 Å². The van der Waals surface area contributed by atoms with Crippen LogP contribution in [0.25, 0.3) is 16.8 Å². The number of methoxy groups -OCH3 is 1. The molecule has 0 saturated carbocycles. The minimum absolute atomic E-state index is 0.886. The van der Waals surface area contributed by atoms with Gasteiger partial charge in [-0.15, -0.1) is 0 Å². The molecule has 3 aromatic rings. The number of aliphatic imine (C=N–C) groups is 1. The van der Waals surface area contributed by atoms with Crippen LogP contribution in [-0.2, 0) is 0 Å². The molecule has 124 valence electrons. The van der Waals surface area contributed by atoms with E-state index < -0.39 is 0 Å². The second-order valence-electron chi connectivity index (χ2n) is 6.22. The lowest BCUT2D eigenvalue weighted by atomic mass is 9.94. The second-order valence-corrected chi connectivity index (χ2v) is 6.22. The van der Waals surface area contributed by atoms with Gasteiger partial charge in [0.05, 0.1) is 12.8 Å². The molecule has 0 amide bonds. The molecule has 0 radical (unpaired) electrons. The monoisotopic (exact) mass is 328 g/mol. The summed E-state index contributed by atoms with van der Waals surface area (Å²) in [4.78, 5) is 8.99. The summed E-state index contributed by atoms with van der Waals surface area (Å²) in [5.41, 5.74) is 4.66. The van der Waals surface area contributed by atoms with E-state index in [0.717, 1.165) is 36.4 Å². The van der Waals surface area contributed by atoms with E-state index in [1.807, 2.05) is 18.3 Å². The second kappa shape index (κ2) is 6.89. The number of rotatable bonds is 3. The third-order valence-corrected chi connectivity index (χ3v) is 4.53. The van der Waals surface area contributed by atoms with Crippen LogP contribution < -0.4 is 4.74 Å². The van der Waals surface area contributed by atoms with Crippen LogP contribution in [0.2, 0.25) is 0 Å². The van der Waals surface area contributed by atoms with Crippen LogP contribution in [0.1, 0.15) is 24.0 Å². The standard InChI is InChI=1S/C22H20N2O/c1-25-21-9-8-17-12-16(6-7-18(17)14-21)13-19-4-3-11-24-22(19)20-5-2-10-23-15-20/h2,5-10,12-15H,3-4,11H2,1H3. The van der Waals surface area contributed by atoms with Crippen molar-refractivity contribution >= 4 is 22.6 Å². The van der Waals surface area contributed by atoms with E-state index in [1.54, 1.807) is 13.3 Å². The maximum Gasteiger partial charge on any atom is 0.119 e. The average molecular weight is 328 g/mol. The van der Waals surface area contributed by atoms with E-state index in [0.29, 0.717) is 0 Å². The van der Waals surface area contributed by atoms with E-state index in [2.05, 4.69) is 47.5 Å². The fourth-order valence-corrected chi connectivity index (χ4v) is 3.26. The summed E-state index contributed by atoms with van der Waals surface area (Å²) < 4.78 is 5.30. The van der Waals surface area contributed by atoms with Gasteiger partial charge in [0.1, 0.15) is 5.75 Å². The molecule has 0 N–H and O–H groups in total. The zero-order valence-corrected chi connectivity index (χ0v) is 14.3. The first kappa shape index (κ1) is 15.6. The quantitative estimate of drug-likeness (QED) is 0.684. The largest absolute Gasteiger partial charge is 0.497 e. The molecule has 0 atom stereocenters. The summed E-state index contributed by atoms with van der Waals surface area (Å²) in [6.45, 7) is 0.888. The molecule has 2 aromatic carbocycles. The molecule has 1 aromatic heterocycles. The van der Waals surface area contributed by atoms with E-state index in [-0.39, 0.29) is 0 Å². The van der Waals surface area contributed by atoms with Crippen LogP contribution in [0, 0.1) is 0 Å². The number of fused-ring (bicyclic) bond motifs is 1. The Kier molecular flexibility index (Phi) is 4.30. The van der Waals surface area contributed by atoms with Gasteiger partial charge in [-0.25, -0.2) is 0 Å². The van der Waals surface area contributed by atoms with E-state index in [9.17, 15) is 0 Å². The third kappa shape index (κ3) is 3.31. The number of benzene rings is 2. The van der Waals surface area contributed by atoms with Gasteiger partial charge in [0, 0.05) is 24.5 Å². The van der Waals surface area contributed by atoms with Crippen LogP contribution in [-0.4, -0.2) is 24.4 Å². The van der Waals surface area contributed by atoms with Crippen molar-refractivity contribution in [3.05, 3.63) is 77.6 Å². The van der Waals surface area contributed by atoms with Crippen molar-refractivity contribution in [1.82, 2.24) is 4.98 Å². The van der Waals surface area contributed by atoms with E-state index in [1.165, 1.54) is 21.9 Å². The molecule has 0 unspecified atom stereocenters. The van der Waals surface area contributed by atoms with Crippen molar-refractivity contribution in [3.63, 3.8) is 0 Å². The highest BCUT2D eigenvalue weighted by molar-refractivity contribution is 6.15. The highest BCUT2D eigenvalue weighted by Crippen LogP contribution is 2.25. The predicted molar refractivity (Wildman–Crippen MR) is 103 cm³/mol. The van der Waals surface area contributed by atoms with E-state index >= 15 is 0 Å². The SMILES string of the molecule is COc1ccc2cc(C=C3CCCN=C3c3cccnc3)ccc2c1. The highest BCUT2D eigenvalue weighted by Gasteiger charge is 2.14. The Balaban J connectivity index is 1.72. The molecule has 0 saturated heterocycles. The minimum atomic E-state index is 0.886. The van der Waals surface area contributed by atoms with Gasteiger partial charge in [-0.2, -0.15) is 0 Å². The van der Waals surface area contributed by atoms with Gasteiger partial charge in [-0.05, 0) is 71.2 Å². The first-order valence-electron chi connectivity index (χ1n) is 8.57. The zero-order valence-electron chi connectivity index (χ0n) is 14.3. The lowest BCUT2D eigenvalue weighted by Gasteiger charge is -2.16. The van der Waals surface area contributed by atoms with Gasteiger partial charge in [0.25, 0.3) is 0 Å². The molecule has 3 nitrogen and oxygen atoms in total. The van der Waals surface area contributed by atoms with Gasteiger partial charge in [-0.3, -0.25) is 9.98 Å². The van der Waals surface area contributed by atoms with Crippen molar-refractivity contribution in [2.75, 3.05) is 13.7 Å². The number of allylic oxidation sites excluding steroid dienone is 1. The van der Waals surface area contributed by atoms with Crippen molar-refractivity contribution in [2.24, 2.45) is 4.99 Å². The Bertz CT molecular complexity index is 958. The molecule has 0 aliphatic carbocycles. The van der Waals surface area contributed by atoms with Crippen LogP contribution in [0.3, 0.4) is 0 Å². The Hall–Kier alpha value is -2.94. The van der Waals surface area contributed by atoms with Gasteiger partial charge in [0.15, 0.2) is 0 Å². The maximum absolute atomic E-state index is 5.30. The molecule has 0 fully saturated rings. The van der Waals surface area contributed by atoms with Gasteiger partial charge in [0.2, 0.25) is 0 Å². The van der Waals surface area contributed by atoms with Crippen molar-refractivity contribution < 1.29 is 4.74 Å². The highest BCUT2D eigenvalue weighted by atomic mass is 16.5. The molecule has 2 heterocycles. The summed E-state index contributed by atoms with van der Waals surface area (Å²) >= 11 is 0. The van der Waals surface area contributed by atoms with Crippen LogP contribution >= 0.6 is 0 Å². The predicted octanol–water partition coefficient (Wildman–Crippen LogP) is 4.91. The fourth-order valence-electron chi connectivity index (χ4n) is 3.26. The topological polar surface area (TPSA) is 34.5 Å². The molecule has 1 aliphatic heterocycles. The summed E-state index contributed by atoms with van der Waals surface area (Å²) in [7, 11) is 1.70. The van der Waals surface area contributed by atoms with Gasteiger partial charge < -0.3 is 4.74 Å². The number of nitrogens with zero attached hydrogens (tertiary/aromatic N) is 2. The Labute approximate surface area is 147 Å². The Morgan fingerprint density at radius 1 is 1.04 bits per heavy atom. The lowest BCUT2D eigenvalue weighted by Crippen LogP contribution is -2.11. The maximum atomic E-state index is 5.30. The molecular weight excluding hydrogens is 308 g/mol. The number of aromatic nitrogens is 1. The van der Waals surface area contributed by atoms with Crippen LogP contribution in [0.5, 0.6) is 5.75 Å². The lowest BCUT2D eigenvalue weighted by molar-refractivity contribution is 0.415. The molecular formula is C22H20N2O. The third-order valence-electron chi connectivity index (χ3n) is 4.53. The minimum Gasteiger partial charge on any atom is -0.497 e. The van der Waals surface area contributed by atoms with Gasteiger partial charge in [-0.1, -0.05) is 18.2 Å². The van der Waals surface area contributed by atoms with E-state index in [4.69, 9.17) is 9.73 Å². The molecule has 0 spiro atoms. The summed E-state index contributed by atoms with van der Waals surface area (Å²) in [5.74, 6) is 0.886. The average Bonchev–Trinajstić information content (AvgIpc) is 2.68. The number of hydrogen-bond donors (Lipinski definition) is 0. The zero-order chi connectivity index (χ0) is 17.1. The fraction of sp³-hybridized carbons (Fsp3) is 0.182. The number of ether oxygens (including phenoxy) is 1. The summed E-state index contributed by atoms with van der Waals surface area (Å²) in [6.07, 6.45) is 8.10. The first-order valence-corrected chi connectivity index (χ1v) is 8.57. The Morgan fingerprint density at radius 2 is 1.92 bits per heavy atom.